The zero-order valence-corrected chi connectivity index (χ0v) is 12.7. The minimum Gasteiger partial charge on any atom is -0.493 e. The molecule has 1 heterocycles. The van der Waals surface area contributed by atoms with Crippen LogP contribution in [-0.4, -0.2) is 16.4 Å². The second kappa shape index (κ2) is 5.99. The Morgan fingerprint density at radius 2 is 1.95 bits per heavy atom. The Hall–Kier alpha value is -1.97. The minimum absolute atomic E-state index is 0.694. The van der Waals surface area contributed by atoms with Crippen LogP contribution >= 0.6 is 0 Å². The fourth-order valence-corrected chi connectivity index (χ4v) is 2.47. The standard InChI is InChI=1S/C16H23N3O/c1-5-7-20-15-9-13(17)8-14(10-15)19-12(4)16(6-2)11(3)18-19/h8-10H,5-7,17H2,1-4H3. The highest BCUT2D eigenvalue weighted by Crippen LogP contribution is 2.24. The number of nitrogen functional groups attached to an aromatic ring is 1. The van der Waals surface area contributed by atoms with Crippen molar-refractivity contribution in [3.63, 3.8) is 0 Å². The molecule has 1 aromatic carbocycles. The first-order valence-electron chi connectivity index (χ1n) is 7.15. The van der Waals surface area contributed by atoms with E-state index in [4.69, 9.17) is 10.5 Å². The highest BCUT2D eigenvalue weighted by atomic mass is 16.5. The molecule has 2 N–H and O–H groups in total. The molecule has 0 amide bonds. The van der Waals surface area contributed by atoms with Gasteiger partial charge in [-0.1, -0.05) is 13.8 Å². The SMILES string of the molecule is CCCOc1cc(N)cc(-n2nc(C)c(CC)c2C)c1. The molecule has 0 radical (unpaired) electrons. The number of benzene rings is 1. The number of rotatable bonds is 5. The van der Waals surface area contributed by atoms with Crippen LogP contribution in [-0.2, 0) is 6.42 Å². The molecule has 108 valence electrons. The second-order valence-corrected chi connectivity index (χ2v) is 5.02. The lowest BCUT2D eigenvalue weighted by molar-refractivity contribution is 0.317. The number of aromatic nitrogens is 2. The Kier molecular flexibility index (Phi) is 4.32. The van der Waals surface area contributed by atoms with Gasteiger partial charge in [0.15, 0.2) is 0 Å². The van der Waals surface area contributed by atoms with Crippen LogP contribution in [0.1, 0.15) is 37.2 Å². The molecular formula is C16H23N3O. The summed E-state index contributed by atoms with van der Waals surface area (Å²) in [4.78, 5) is 0. The number of aryl methyl sites for hydroxylation is 1. The Bertz CT molecular complexity index is 602. The molecule has 0 bridgehead atoms. The van der Waals surface area contributed by atoms with E-state index in [-0.39, 0.29) is 0 Å². The number of hydrogen-bond donors (Lipinski definition) is 1. The van der Waals surface area contributed by atoms with Gasteiger partial charge in [0.05, 0.1) is 18.0 Å². The first kappa shape index (κ1) is 14.4. The monoisotopic (exact) mass is 273 g/mol. The summed E-state index contributed by atoms with van der Waals surface area (Å²) in [6.07, 6.45) is 1.96. The lowest BCUT2D eigenvalue weighted by atomic mass is 10.1. The van der Waals surface area contributed by atoms with E-state index in [1.165, 1.54) is 5.56 Å². The zero-order valence-electron chi connectivity index (χ0n) is 12.7. The zero-order chi connectivity index (χ0) is 14.7. The predicted molar refractivity (Wildman–Crippen MR) is 82.6 cm³/mol. The van der Waals surface area contributed by atoms with Crippen LogP contribution < -0.4 is 10.5 Å². The van der Waals surface area contributed by atoms with Gasteiger partial charge in [-0.3, -0.25) is 0 Å². The van der Waals surface area contributed by atoms with Crippen molar-refractivity contribution in [1.29, 1.82) is 0 Å². The van der Waals surface area contributed by atoms with Crippen LogP contribution in [0.25, 0.3) is 5.69 Å². The van der Waals surface area contributed by atoms with Crippen molar-refractivity contribution in [3.8, 4) is 11.4 Å². The van der Waals surface area contributed by atoms with Gasteiger partial charge in [0.25, 0.3) is 0 Å². The summed E-state index contributed by atoms with van der Waals surface area (Å²) < 4.78 is 7.63. The second-order valence-electron chi connectivity index (χ2n) is 5.02. The molecule has 20 heavy (non-hydrogen) atoms. The van der Waals surface area contributed by atoms with Gasteiger partial charge in [-0.2, -0.15) is 5.10 Å². The van der Waals surface area contributed by atoms with Crippen LogP contribution in [0, 0.1) is 13.8 Å². The van der Waals surface area contributed by atoms with Crippen molar-refractivity contribution in [3.05, 3.63) is 35.2 Å². The van der Waals surface area contributed by atoms with E-state index in [9.17, 15) is 0 Å². The molecule has 4 heteroatoms. The summed E-state index contributed by atoms with van der Waals surface area (Å²) in [7, 11) is 0. The van der Waals surface area contributed by atoms with Crippen molar-refractivity contribution in [2.24, 2.45) is 0 Å². The van der Waals surface area contributed by atoms with Crippen molar-refractivity contribution in [2.75, 3.05) is 12.3 Å². The van der Waals surface area contributed by atoms with Gasteiger partial charge < -0.3 is 10.5 Å². The maximum Gasteiger partial charge on any atom is 0.123 e. The van der Waals surface area contributed by atoms with Crippen LogP contribution in [0.2, 0.25) is 0 Å². The van der Waals surface area contributed by atoms with E-state index in [2.05, 4.69) is 25.9 Å². The third kappa shape index (κ3) is 2.79. The maximum atomic E-state index is 5.97. The summed E-state index contributed by atoms with van der Waals surface area (Å²) in [5.74, 6) is 0.799. The topological polar surface area (TPSA) is 53.1 Å². The molecule has 0 atom stereocenters. The Morgan fingerprint density at radius 3 is 2.55 bits per heavy atom. The fourth-order valence-electron chi connectivity index (χ4n) is 2.47. The van der Waals surface area contributed by atoms with Crippen molar-refractivity contribution in [1.82, 2.24) is 9.78 Å². The molecule has 0 fully saturated rings. The van der Waals surface area contributed by atoms with E-state index >= 15 is 0 Å². The van der Waals surface area contributed by atoms with Gasteiger partial charge in [0.2, 0.25) is 0 Å². The molecule has 1 aromatic heterocycles. The molecule has 0 aliphatic heterocycles. The third-order valence-corrected chi connectivity index (χ3v) is 3.43. The molecule has 2 rings (SSSR count). The van der Waals surface area contributed by atoms with E-state index in [0.717, 1.165) is 35.7 Å². The summed E-state index contributed by atoms with van der Waals surface area (Å²) in [5, 5.41) is 4.62. The van der Waals surface area contributed by atoms with Crippen molar-refractivity contribution < 1.29 is 4.74 Å². The van der Waals surface area contributed by atoms with Crippen LogP contribution in [0.4, 0.5) is 5.69 Å². The van der Waals surface area contributed by atoms with Gasteiger partial charge >= 0.3 is 0 Å². The molecule has 0 aliphatic rings. The summed E-state index contributed by atoms with van der Waals surface area (Å²) in [6, 6.07) is 5.77. The molecule has 0 saturated carbocycles. The Labute approximate surface area is 120 Å². The maximum absolute atomic E-state index is 5.97. The number of ether oxygens (including phenoxy) is 1. The van der Waals surface area contributed by atoms with Gasteiger partial charge in [0.1, 0.15) is 5.75 Å². The Morgan fingerprint density at radius 1 is 1.20 bits per heavy atom. The Balaban J connectivity index is 2.44. The van der Waals surface area contributed by atoms with Gasteiger partial charge in [-0.25, -0.2) is 4.68 Å². The summed E-state index contributed by atoms with van der Waals surface area (Å²) in [5.41, 5.74) is 11.2. The van der Waals surface area contributed by atoms with Crippen molar-refractivity contribution >= 4 is 5.69 Å². The van der Waals surface area contributed by atoms with Crippen LogP contribution in [0.5, 0.6) is 5.75 Å². The average Bonchev–Trinajstić information content (AvgIpc) is 2.70. The molecule has 2 aromatic rings. The lowest BCUT2D eigenvalue weighted by Crippen LogP contribution is -2.03. The fraction of sp³-hybridized carbons (Fsp3) is 0.438. The van der Waals surface area contributed by atoms with E-state index in [0.29, 0.717) is 12.3 Å². The minimum atomic E-state index is 0.694. The first-order chi connectivity index (χ1) is 9.56. The normalized spacial score (nSPS) is 10.8. The highest BCUT2D eigenvalue weighted by Gasteiger charge is 2.12. The molecular weight excluding hydrogens is 250 g/mol. The van der Waals surface area contributed by atoms with Gasteiger partial charge in [-0.05, 0) is 38.3 Å². The number of nitrogens with zero attached hydrogens (tertiary/aromatic N) is 2. The van der Waals surface area contributed by atoms with Gasteiger partial charge in [-0.15, -0.1) is 0 Å². The number of anilines is 1. The molecule has 0 spiro atoms. The van der Waals surface area contributed by atoms with E-state index in [1.54, 1.807) is 0 Å². The molecule has 0 aliphatic carbocycles. The average molecular weight is 273 g/mol. The number of hydrogen-bond acceptors (Lipinski definition) is 3. The first-order valence-corrected chi connectivity index (χ1v) is 7.15. The molecule has 0 unspecified atom stereocenters. The number of nitrogens with two attached hydrogens (primary N) is 1. The van der Waals surface area contributed by atoms with E-state index < -0.39 is 0 Å². The third-order valence-electron chi connectivity index (χ3n) is 3.43. The van der Waals surface area contributed by atoms with Gasteiger partial charge in [0, 0.05) is 23.5 Å². The van der Waals surface area contributed by atoms with Crippen LogP contribution in [0.3, 0.4) is 0 Å². The quantitative estimate of drug-likeness (QED) is 0.849. The molecule has 4 nitrogen and oxygen atoms in total. The largest absolute Gasteiger partial charge is 0.493 e. The lowest BCUT2D eigenvalue weighted by Gasteiger charge is -2.10. The van der Waals surface area contributed by atoms with E-state index in [1.807, 2.05) is 29.8 Å². The summed E-state index contributed by atoms with van der Waals surface area (Å²) in [6.45, 7) is 9.07. The summed E-state index contributed by atoms with van der Waals surface area (Å²) >= 11 is 0. The predicted octanol–water partition coefficient (Wildman–Crippen LogP) is 3.42. The molecule has 0 saturated heterocycles. The van der Waals surface area contributed by atoms with Crippen molar-refractivity contribution in [2.45, 2.75) is 40.5 Å². The smallest absolute Gasteiger partial charge is 0.123 e. The van der Waals surface area contributed by atoms with Crippen LogP contribution in [0.15, 0.2) is 18.2 Å². The highest BCUT2D eigenvalue weighted by molar-refractivity contribution is 5.54.